The van der Waals surface area contributed by atoms with E-state index in [2.05, 4.69) is 5.32 Å². The van der Waals surface area contributed by atoms with Gasteiger partial charge in [0.15, 0.2) is 0 Å². The molecule has 0 saturated heterocycles. The van der Waals surface area contributed by atoms with E-state index in [4.69, 9.17) is 22.6 Å². The smallest absolute Gasteiger partial charge is 0.125 e. The molecule has 0 bridgehead atoms. The molecule has 0 aliphatic rings. The van der Waals surface area contributed by atoms with Crippen LogP contribution in [0.25, 0.3) is 0 Å². The number of anilines is 3. The minimum absolute atomic E-state index is 0.389. The number of nitrogens with zero attached hydrogens (tertiary/aromatic N) is 1. The molecule has 0 aliphatic carbocycles. The zero-order valence-electron chi connectivity index (χ0n) is 9.24. The first kappa shape index (κ1) is 12.2. The topological polar surface area (TPSA) is 61.8 Å². The van der Waals surface area contributed by atoms with Crippen molar-refractivity contribution in [1.82, 2.24) is 0 Å². The molecule has 3 N–H and O–H groups in total. The fraction of sp³-hybridized carbons (Fsp3) is 0. The number of hydrogen-bond acceptors (Lipinski definition) is 3. The van der Waals surface area contributed by atoms with Gasteiger partial charge in [0.25, 0.3) is 0 Å². The number of nitriles is 1. The highest BCUT2D eigenvalue weighted by Gasteiger charge is 2.05. The molecule has 0 aliphatic heterocycles. The van der Waals surface area contributed by atoms with Gasteiger partial charge in [-0.2, -0.15) is 5.26 Å². The Morgan fingerprint density at radius 2 is 1.94 bits per heavy atom. The normalized spacial score (nSPS) is 9.83. The molecule has 3 nitrogen and oxygen atoms in total. The van der Waals surface area contributed by atoms with Gasteiger partial charge in [0.2, 0.25) is 0 Å². The predicted octanol–water partition coefficient (Wildman–Crippen LogP) is 3.68. The maximum absolute atomic E-state index is 13.1. The lowest BCUT2D eigenvalue weighted by Crippen LogP contribution is -1.97. The number of rotatable bonds is 2. The van der Waals surface area contributed by atoms with Crippen LogP contribution in [0.3, 0.4) is 0 Å². The summed E-state index contributed by atoms with van der Waals surface area (Å²) in [4.78, 5) is 0. The molecule has 90 valence electrons. The van der Waals surface area contributed by atoms with Crippen LogP contribution in [-0.2, 0) is 0 Å². The molecule has 2 aromatic rings. The molecule has 0 spiro atoms. The lowest BCUT2D eigenvalue weighted by Gasteiger charge is -2.11. The first-order valence-corrected chi connectivity index (χ1v) is 5.49. The zero-order chi connectivity index (χ0) is 13.1. The van der Waals surface area contributed by atoms with Gasteiger partial charge >= 0.3 is 0 Å². The number of benzene rings is 2. The summed E-state index contributed by atoms with van der Waals surface area (Å²) >= 11 is 5.93. The van der Waals surface area contributed by atoms with E-state index in [1.807, 2.05) is 6.07 Å². The largest absolute Gasteiger partial charge is 0.397 e. The number of nitrogen functional groups attached to an aromatic ring is 1. The van der Waals surface area contributed by atoms with Crippen molar-refractivity contribution >= 4 is 28.7 Å². The third-order valence-corrected chi connectivity index (χ3v) is 2.71. The van der Waals surface area contributed by atoms with Crippen LogP contribution in [-0.4, -0.2) is 0 Å². The van der Waals surface area contributed by atoms with Crippen molar-refractivity contribution in [2.45, 2.75) is 0 Å². The van der Waals surface area contributed by atoms with Crippen LogP contribution in [0.5, 0.6) is 0 Å². The number of hydrogen-bond donors (Lipinski definition) is 2. The van der Waals surface area contributed by atoms with Gasteiger partial charge in [0.05, 0.1) is 33.7 Å². The van der Waals surface area contributed by atoms with Crippen molar-refractivity contribution in [3.8, 4) is 6.07 Å². The van der Waals surface area contributed by atoms with E-state index < -0.39 is 5.82 Å². The highest BCUT2D eigenvalue weighted by Crippen LogP contribution is 2.29. The summed E-state index contributed by atoms with van der Waals surface area (Å²) in [5.74, 6) is -0.394. The van der Waals surface area contributed by atoms with Crippen molar-refractivity contribution in [1.29, 1.82) is 5.26 Å². The summed E-state index contributed by atoms with van der Waals surface area (Å²) in [7, 11) is 0. The van der Waals surface area contributed by atoms with E-state index in [1.165, 1.54) is 24.3 Å². The average Bonchev–Trinajstić information content (AvgIpc) is 2.36. The molecule has 0 saturated carbocycles. The van der Waals surface area contributed by atoms with E-state index in [-0.39, 0.29) is 0 Å². The molecule has 0 unspecified atom stereocenters. The molecule has 2 rings (SSSR count). The van der Waals surface area contributed by atoms with Gasteiger partial charge < -0.3 is 11.1 Å². The average molecular weight is 262 g/mol. The number of nitrogens with two attached hydrogens (primary N) is 1. The fourth-order valence-corrected chi connectivity index (χ4v) is 1.65. The first-order chi connectivity index (χ1) is 8.60. The van der Waals surface area contributed by atoms with Gasteiger partial charge in [-0.05, 0) is 36.4 Å². The molecule has 0 amide bonds. The first-order valence-electron chi connectivity index (χ1n) is 5.12. The molecule has 0 radical (unpaired) electrons. The van der Waals surface area contributed by atoms with Gasteiger partial charge in [-0.15, -0.1) is 0 Å². The Morgan fingerprint density at radius 3 is 2.61 bits per heavy atom. The quantitative estimate of drug-likeness (QED) is 0.811. The van der Waals surface area contributed by atoms with Crippen LogP contribution in [0.4, 0.5) is 21.5 Å². The third kappa shape index (κ3) is 2.53. The molecule has 2 aromatic carbocycles. The number of halogens is 2. The van der Waals surface area contributed by atoms with Gasteiger partial charge in [0, 0.05) is 0 Å². The lowest BCUT2D eigenvalue weighted by atomic mass is 10.2. The van der Waals surface area contributed by atoms with Gasteiger partial charge in [-0.25, -0.2) is 4.39 Å². The Kier molecular flexibility index (Phi) is 3.35. The van der Waals surface area contributed by atoms with Crippen LogP contribution in [0, 0.1) is 17.1 Å². The highest BCUT2D eigenvalue weighted by molar-refractivity contribution is 6.33. The third-order valence-electron chi connectivity index (χ3n) is 2.38. The summed E-state index contributed by atoms with van der Waals surface area (Å²) in [5.41, 5.74) is 7.64. The minimum atomic E-state index is -0.394. The summed E-state index contributed by atoms with van der Waals surface area (Å²) < 4.78 is 13.1. The molecular formula is C13H9ClFN3. The Hall–Kier alpha value is -2.25. The SMILES string of the molecule is N#Cc1ccc(Nc2cc(F)ccc2Cl)c(N)c1. The fourth-order valence-electron chi connectivity index (χ4n) is 1.48. The molecule has 0 atom stereocenters. The van der Waals surface area contributed by atoms with Crippen molar-refractivity contribution in [2.75, 3.05) is 11.1 Å². The monoisotopic (exact) mass is 261 g/mol. The second-order valence-electron chi connectivity index (χ2n) is 3.66. The van der Waals surface area contributed by atoms with Crippen molar-refractivity contribution in [3.05, 3.63) is 52.8 Å². The minimum Gasteiger partial charge on any atom is -0.397 e. The summed E-state index contributed by atoms with van der Waals surface area (Å²) in [5, 5.41) is 12.0. The predicted molar refractivity (Wildman–Crippen MR) is 70.3 cm³/mol. The Balaban J connectivity index is 2.34. The van der Waals surface area contributed by atoms with Gasteiger partial charge in [-0.3, -0.25) is 0 Å². The van der Waals surface area contributed by atoms with E-state index in [0.29, 0.717) is 27.6 Å². The van der Waals surface area contributed by atoms with Crippen molar-refractivity contribution in [3.63, 3.8) is 0 Å². The summed E-state index contributed by atoms with van der Waals surface area (Å²) in [6.45, 7) is 0. The second kappa shape index (κ2) is 4.94. The van der Waals surface area contributed by atoms with E-state index in [9.17, 15) is 4.39 Å². The lowest BCUT2D eigenvalue weighted by molar-refractivity contribution is 0.628. The standard InChI is InChI=1S/C13H9ClFN3/c14-10-3-2-9(15)6-13(10)18-12-4-1-8(7-16)5-11(12)17/h1-6,18H,17H2. The Morgan fingerprint density at radius 1 is 1.17 bits per heavy atom. The van der Waals surface area contributed by atoms with Crippen LogP contribution < -0.4 is 11.1 Å². The highest BCUT2D eigenvalue weighted by atomic mass is 35.5. The summed E-state index contributed by atoms with van der Waals surface area (Å²) in [6, 6.07) is 10.8. The molecule has 0 aromatic heterocycles. The molecule has 5 heteroatoms. The van der Waals surface area contributed by atoms with Gasteiger partial charge in [-0.1, -0.05) is 11.6 Å². The van der Waals surface area contributed by atoms with E-state index in [1.54, 1.807) is 12.1 Å². The molecule has 18 heavy (non-hydrogen) atoms. The maximum atomic E-state index is 13.1. The Labute approximate surface area is 109 Å². The van der Waals surface area contributed by atoms with Crippen molar-refractivity contribution in [2.24, 2.45) is 0 Å². The summed E-state index contributed by atoms with van der Waals surface area (Å²) in [6.07, 6.45) is 0. The zero-order valence-corrected chi connectivity index (χ0v) is 10.0. The molecule has 0 fully saturated rings. The molecular weight excluding hydrogens is 253 g/mol. The second-order valence-corrected chi connectivity index (χ2v) is 4.07. The van der Waals surface area contributed by atoms with Crippen LogP contribution in [0.2, 0.25) is 5.02 Å². The Bertz CT molecular complexity index is 635. The van der Waals surface area contributed by atoms with Crippen LogP contribution in [0.1, 0.15) is 5.56 Å². The van der Waals surface area contributed by atoms with Crippen LogP contribution in [0.15, 0.2) is 36.4 Å². The number of nitrogens with one attached hydrogen (secondary N) is 1. The van der Waals surface area contributed by atoms with E-state index in [0.717, 1.165) is 0 Å². The van der Waals surface area contributed by atoms with Crippen LogP contribution >= 0.6 is 11.6 Å². The van der Waals surface area contributed by atoms with Crippen molar-refractivity contribution < 1.29 is 4.39 Å². The molecule has 0 heterocycles. The maximum Gasteiger partial charge on any atom is 0.125 e. The van der Waals surface area contributed by atoms with E-state index >= 15 is 0 Å². The van der Waals surface area contributed by atoms with Gasteiger partial charge in [0.1, 0.15) is 5.82 Å².